The Balaban J connectivity index is 1.20. The zero-order chi connectivity index (χ0) is 25.3. The highest BCUT2D eigenvalue weighted by molar-refractivity contribution is 6.31. The van der Waals surface area contributed by atoms with E-state index in [0.29, 0.717) is 5.41 Å². The van der Waals surface area contributed by atoms with Gasteiger partial charge in [-0.1, -0.05) is 78.3 Å². The molecular weight excluding hydrogens is 482 g/mol. The molecule has 2 heteroatoms. The lowest BCUT2D eigenvalue weighted by atomic mass is 9.75. The Morgan fingerprint density at radius 2 is 1.16 bits per heavy atom. The van der Waals surface area contributed by atoms with Gasteiger partial charge in [0.25, 0.3) is 0 Å². The molecule has 0 aliphatic heterocycles. The largest absolute Gasteiger partial charge is 0.310 e. The average molecular weight is 512 g/mol. The molecule has 0 heterocycles. The molecule has 4 aliphatic rings. The molecule has 38 heavy (non-hydrogen) atoms. The lowest BCUT2D eigenvalue weighted by molar-refractivity contribution is 0.371. The Kier molecular flexibility index (Phi) is 5.01. The summed E-state index contributed by atoms with van der Waals surface area (Å²) in [5.41, 5.74) is 8.01. The first-order valence-corrected chi connectivity index (χ1v) is 14.3. The smallest absolute Gasteiger partial charge is 0.0468 e. The van der Waals surface area contributed by atoms with Gasteiger partial charge in [0.15, 0.2) is 0 Å². The fraction of sp³-hybridized carbons (Fsp3) is 0.222. The lowest BCUT2D eigenvalue weighted by Gasteiger charge is -2.31. The average Bonchev–Trinajstić information content (AvgIpc) is 3.71. The van der Waals surface area contributed by atoms with E-state index >= 15 is 0 Å². The number of halogens is 1. The Labute approximate surface area is 229 Å². The highest BCUT2D eigenvalue weighted by Crippen LogP contribution is 2.70. The minimum Gasteiger partial charge on any atom is -0.310 e. The van der Waals surface area contributed by atoms with Crippen molar-refractivity contribution in [3.05, 3.63) is 126 Å². The van der Waals surface area contributed by atoms with Crippen LogP contribution in [-0.4, -0.2) is 0 Å². The summed E-state index contributed by atoms with van der Waals surface area (Å²) >= 11 is 6.28. The summed E-state index contributed by atoms with van der Waals surface area (Å²) in [5, 5.41) is 3.12. The quantitative estimate of drug-likeness (QED) is 0.227. The highest BCUT2D eigenvalue weighted by atomic mass is 35.5. The standard InChI is InChI=1S/C36H30ClN/c37-32-12-6-27-21-35(15-9-26(27)20-32)38(33-13-7-25(8-14-33)24-4-2-1-3-5-24)34-16-10-30(11-17-34)36-22-28-18-31(36)19-29(28)23-36/h1-17,20-21,28-29,31H,18-19,22-23H2. The monoisotopic (exact) mass is 511 g/mol. The molecule has 0 N–H and O–H groups in total. The maximum Gasteiger partial charge on any atom is 0.0468 e. The van der Waals surface area contributed by atoms with Crippen LogP contribution in [0, 0.1) is 17.8 Å². The normalized spacial score (nSPS) is 24.9. The van der Waals surface area contributed by atoms with Gasteiger partial charge >= 0.3 is 0 Å². The van der Waals surface area contributed by atoms with E-state index in [1.165, 1.54) is 47.9 Å². The number of benzene rings is 5. The minimum absolute atomic E-state index is 0.457. The van der Waals surface area contributed by atoms with Crippen LogP contribution < -0.4 is 4.90 Å². The van der Waals surface area contributed by atoms with E-state index in [1.807, 2.05) is 12.1 Å². The van der Waals surface area contributed by atoms with Crippen molar-refractivity contribution in [2.45, 2.75) is 31.1 Å². The van der Waals surface area contributed by atoms with Gasteiger partial charge in [0.05, 0.1) is 0 Å². The summed E-state index contributed by atoms with van der Waals surface area (Å²) in [7, 11) is 0. The SMILES string of the molecule is Clc1ccc2cc(N(c3ccc(-c4ccccc4)cc3)c3ccc(C45CC6CC4CC6C5)cc3)ccc2c1. The fourth-order valence-corrected chi connectivity index (χ4v) is 8.33. The third-order valence-corrected chi connectivity index (χ3v) is 10.1. The summed E-state index contributed by atoms with van der Waals surface area (Å²) in [6.07, 6.45) is 5.76. The van der Waals surface area contributed by atoms with Crippen molar-refractivity contribution >= 4 is 39.4 Å². The molecule has 4 saturated carbocycles. The summed E-state index contributed by atoms with van der Waals surface area (Å²) in [6.45, 7) is 0. The van der Waals surface area contributed by atoms with Gasteiger partial charge in [-0.25, -0.2) is 0 Å². The van der Waals surface area contributed by atoms with Crippen LogP contribution in [0.3, 0.4) is 0 Å². The summed E-state index contributed by atoms with van der Waals surface area (Å²) < 4.78 is 0. The van der Waals surface area contributed by atoms with Gasteiger partial charge in [0.1, 0.15) is 0 Å². The van der Waals surface area contributed by atoms with E-state index in [-0.39, 0.29) is 0 Å². The van der Waals surface area contributed by atoms with Crippen molar-refractivity contribution in [2.24, 2.45) is 17.8 Å². The maximum atomic E-state index is 6.28. The number of hydrogen-bond acceptors (Lipinski definition) is 1. The molecule has 0 spiro atoms. The van der Waals surface area contributed by atoms with E-state index in [1.54, 1.807) is 5.56 Å². The first kappa shape index (κ1) is 22.4. The van der Waals surface area contributed by atoms with E-state index < -0.39 is 0 Å². The summed E-state index contributed by atoms with van der Waals surface area (Å²) in [4.78, 5) is 2.39. The Hall–Kier alpha value is -3.55. The van der Waals surface area contributed by atoms with Crippen molar-refractivity contribution in [1.82, 2.24) is 0 Å². The van der Waals surface area contributed by atoms with Gasteiger partial charge in [0, 0.05) is 22.1 Å². The molecule has 0 saturated heterocycles. The van der Waals surface area contributed by atoms with Gasteiger partial charge in [-0.15, -0.1) is 0 Å². The summed E-state index contributed by atoms with van der Waals surface area (Å²) in [5.74, 6) is 2.90. The fourth-order valence-electron chi connectivity index (χ4n) is 8.15. The molecule has 186 valence electrons. The molecule has 0 aromatic heterocycles. The van der Waals surface area contributed by atoms with Crippen LogP contribution in [0.2, 0.25) is 5.02 Å². The molecular formula is C36H30ClN. The molecule has 0 radical (unpaired) electrons. The molecule has 4 fully saturated rings. The van der Waals surface area contributed by atoms with Crippen LogP contribution in [0.5, 0.6) is 0 Å². The number of anilines is 3. The van der Waals surface area contributed by atoms with Gasteiger partial charge in [-0.2, -0.15) is 0 Å². The molecule has 1 nitrogen and oxygen atoms in total. The third kappa shape index (κ3) is 3.45. The molecule has 4 bridgehead atoms. The second-order valence-electron chi connectivity index (χ2n) is 11.7. The van der Waals surface area contributed by atoms with Crippen molar-refractivity contribution in [3.8, 4) is 11.1 Å². The number of hydrogen-bond donors (Lipinski definition) is 0. The predicted octanol–water partition coefficient (Wildman–Crippen LogP) is 10.3. The zero-order valence-electron chi connectivity index (χ0n) is 21.4. The second kappa shape index (κ2) is 8.48. The van der Waals surface area contributed by atoms with Crippen molar-refractivity contribution in [2.75, 3.05) is 4.90 Å². The molecule has 9 rings (SSSR count). The minimum atomic E-state index is 0.457. The molecule has 5 aromatic rings. The molecule has 5 aromatic carbocycles. The molecule has 2 unspecified atom stereocenters. The van der Waals surface area contributed by atoms with Gasteiger partial charge in [-0.05, 0) is 125 Å². The predicted molar refractivity (Wildman–Crippen MR) is 160 cm³/mol. The highest BCUT2D eigenvalue weighted by Gasteiger charge is 2.63. The molecule has 0 amide bonds. The van der Waals surface area contributed by atoms with Gasteiger partial charge in [0.2, 0.25) is 0 Å². The number of nitrogens with zero attached hydrogens (tertiary/aromatic N) is 1. The summed E-state index contributed by atoms with van der Waals surface area (Å²) in [6, 6.07) is 41.9. The second-order valence-corrected chi connectivity index (χ2v) is 12.2. The van der Waals surface area contributed by atoms with E-state index in [9.17, 15) is 0 Å². The van der Waals surface area contributed by atoms with Crippen LogP contribution >= 0.6 is 11.6 Å². The Morgan fingerprint density at radius 3 is 1.82 bits per heavy atom. The molecule has 2 atom stereocenters. The van der Waals surface area contributed by atoms with Gasteiger partial charge in [-0.3, -0.25) is 0 Å². The Morgan fingerprint density at radius 1 is 0.579 bits per heavy atom. The van der Waals surface area contributed by atoms with E-state index in [2.05, 4.69) is 108 Å². The maximum absolute atomic E-state index is 6.28. The van der Waals surface area contributed by atoms with Crippen LogP contribution in [0.1, 0.15) is 31.2 Å². The van der Waals surface area contributed by atoms with E-state index in [4.69, 9.17) is 11.6 Å². The first-order chi connectivity index (χ1) is 18.7. The first-order valence-electron chi connectivity index (χ1n) is 13.9. The number of fused-ring (bicyclic) bond motifs is 1. The van der Waals surface area contributed by atoms with E-state index in [0.717, 1.165) is 39.5 Å². The zero-order valence-corrected chi connectivity index (χ0v) is 22.1. The van der Waals surface area contributed by atoms with Crippen molar-refractivity contribution in [1.29, 1.82) is 0 Å². The number of rotatable bonds is 5. The van der Waals surface area contributed by atoms with Crippen LogP contribution in [0.25, 0.3) is 21.9 Å². The van der Waals surface area contributed by atoms with Crippen molar-refractivity contribution < 1.29 is 0 Å². The van der Waals surface area contributed by atoms with Gasteiger partial charge < -0.3 is 4.90 Å². The third-order valence-electron chi connectivity index (χ3n) is 9.85. The van der Waals surface area contributed by atoms with Crippen LogP contribution in [0.15, 0.2) is 115 Å². The lowest BCUT2D eigenvalue weighted by Crippen LogP contribution is -2.24. The Bertz CT molecular complexity index is 1620. The van der Waals surface area contributed by atoms with Crippen molar-refractivity contribution in [3.63, 3.8) is 0 Å². The topological polar surface area (TPSA) is 3.24 Å². The molecule has 4 aliphatic carbocycles. The van der Waals surface area contributed by atoms with Crippen LogP contribution in [0.4, 0.5) is 17.1 Å². The van der Waals surface area contributed by atoms with Crippen LogP contribution in [-0.2, 0) is 5.41 Å².